The van der Waals surface area contributed by atoms with Gasteiger partial charge in [-0.3, -0.25) is 4.68 Å². The van der Waals surface area contributed by atoms with E-state index in [0.29, 0.717) is 25.7 Å². The topological polar surface area (TPSA) is 72.2 Å². The quantitative estimate of drug-likeness (QED) is 0.886. The molecule has 6 heteroatoms. The SMILES string of the molecule is CCn1cc(C2(O)CC3CCCC(C2)S3(=O)=O)cn1. The number of aromatic nitrogens is 2. The van der Waals surface area contributed by atoms with E-state index < -0.39 is 15.4 Å². The van der Waals surface area contributed by atoms with Crippen LogP contribution < -0.4 is 0 Å². The maximum Gasteiger partial charge on any atom is 0.156 e. The van der Waals surface area contributed by atoms with Crippen LogP contribution in [0.3, 0.4) is 0 Å². The minimum absolute atomic E-state index is 0.321. The lowest BCUT2D eigenvalue weighted by molar-refractivity contribution is 0.00493. The molecule has 2 aliphatic heterocycles. The Bertz CT molecular complexity index is 558. The Balaban J connectivity index is 1.94. The second-order valence-corrected chi connectivity index (χ2v) is 8.30. The van der Waals surface area contributed by atoms with E-state index >= 15 is 0 Å². The van der Waals surface area contributed by atoms with E-state index in [-0.39, 0.29) is 10.5 Å². The average Bonchev–Trinajstić information content (AvgIpc) is 2.80. The zero-order valence-electron chi connectivity index (χ0n) is 11.1. The molecule has 0 amide bonds. The lowest BCUT2D eigenvalue weighted by Gasteiger charge is -2.43. The molecule has 1 aromatic heterocycles. The van der Waals surface area contributed by atoms with Gasteiger partial charge in [0.2, 0.25) is 0 Å². The van der Waals surface area contributed by atoms with E-state index in [1.54, 1.807) is 10.9 Å². The number of hydrogen-bond donors (Lipinski definition) is 1. The predicted octanol–water partition coefficient (Wildman–Crippen LogP) is 1.22. The fourth-order valence-electron chi connectivity index (χ4n) is 3.46. The van der Waals surface area contributed by atoms with E-state index in [9.17, 15) is 13.5 Å². The van der Waals surface area contributed by atoms with Crippen molar-refractivity contribution in [2.24, 2.45) is 0 Å². The number of hydrogen-bond acceptors (Lipinski definition) is 4. The van der Waals surface area contributed by atoms with Gasteiger partial charge in [-0.05, 0) is 32.6 Å². The molecule has 2 bridgehead atoms. The van der Waals surface area contributed by atoms with Gasteiger partial charge in [0.05, 0.1) is 22.3 Å². The van der Waals surface area contributed by atoms with E-state index in [1.165, 1.54) is 0 Å². The Kier molecular flexibility index (Phi) is 2.98. The highest BCUT2D eigenvalue weighted by molar-refractivity contribution is 7.92. The third-order valence-corrected chi connectivity index (χ3v) is 7.27. The first-order chi connectivity index (χ1) is 8.95. The van der Waals surface area contributed by atoms with Crippen molar-refractivity contribution in [3.63, 3.8) is 0 Å². The second-order valence-electron chi connectivity index (χ2n) is 5.79. The van der Waals surface area contributed by atoms with Crippen LogP contribution in [0.25, 0.3) is 0 Å². The van der Waals surface area contributed by atoms with Gasteiger partial charge < -0.3 is 5.11 Å². The van der Waals surface area contributed by atoms with Gasteiger partial charge in [-0.15, -0.1) is 0 Å². The number of aliphatic hydroxyl groups is 1. The van der Waals surface area contributed by atoms with E-state index in [1.807, 2.05) is 13.1 Å². The molecule has 2 unspecified atom stereocenters. The van der Waals surface area contributed by atoms with Crippen LogP contribution in [0.2, 0.25) is 0 Å². The predicted molar refractivity (Wildman–Crippen MR) is 71.4 cm³/mol. The monoisotopic (exact) mass is 284 g/mol. The summed E-state index contributed by atoms with van der Waals surface area (Å²) in [7, 11) is -3.03. The molecule has 106 valence electrons. The summed E-state index contributed by atoms with van der Waals surface area (Å²) in [6.07, 6.45) is 6.48. The fraction of sp³-hybridized carbons (Fsp3) is 0.769. The first kappa shape index (κ1) is 13.1. The summed E-state index contributed by atoms with van der Waals surface area (Å²) in [4.78, 5) is 0. The summed E-state index contributed by atoms with van der Waals surface area (Å²) in [6, 6.07) is 0. The van der Waals surface area contributed by atoms with Gasteiger partial charge in [0, 0.05) is 18.3 Å². The Morgan fingerprint density at radius 1 is 1.42 bits per heavy atom. The van der Waals surface area contributed by atoms with Crippen molar-refractivity contribution in [1.29, 1.82) is 0 Å². The van der Waals surface area contributed by atoms with Gasteiger partial charge in [-0.1, -0.05) is 6.42 Å². The maximum atomic E-state index is 12.2. The van der Waals surface area contributed by atoms with Crippen LogP contribution in [-0.2, 0) is 22.0 Å². The number of sulfone groups is 1. The van der Waals surface area contributed by atoms with Crippen LogP contribution in [0.1, 0.15) is 44.6 Å². The third-order valence-electron chi connectivity index (χ3n) is 4.61. The normalized spacial score (nSPS) is 37.2. The number of nitrogens with zero attached hydrogens (tertiary/aromatic N) is 2. The Morgan fingerprint density at radius 3 is 2.58 bits per heavy atom. The third kappa shape index (κ3) is 2.01. The molecule has 2 aliphatic rings. The Hall–Kier alpha value is -0.880. The molecule has 3 rings (SSSR count). The van der Waals surface area contributed by atoms with Crippen LogP contribution in [0.4, 0.5) is 0 Å². The molecule has 5 nitrogen and oxygen atoms in total. The molecule has 2 saturated heterocycles. The Morgan fingerprint density at radius 2 is 2.05 bits per heavy atom. The molecule has 0 saturated carbocycles. The van der Waals surface area contributed by atoms with Gasteiger partial charge >= 0.3 is 0 Å². The highest BCUT2D eigenvalue weighted by atomic mass is 32.2. The van der Waals surface area contributed by atoms with Crippen molar-refractivity contribution in [1.82, 2.24) is 9.78 Å². The van der Waals surface area contributed by atoms with Crippen molar-refractivity contribution in [2.75, 3.05) is 0 Å². The van der Waals surface area contributed by atoms with Crippen molar-refractivity contribution >= 4 is 9.84 Å². The molecule has 1 aromatic rings. The molecular formula is C13H20N2O3S. The summed E-state index contributed by atoms with van der Waals surface area (Å²) in [6.45, 7) is 2.74. The smallest absolute Gasteiger partial charge is 0.156 e. The molecule has 19 heavy (non-hydrogen) atoms. The first-order valence-corrected chi connectivity index (χ1v) is 8.55. The molecule has 0 aliphatic carbocycles. The van der Waals surface area contributed by atoms with Crippen LogP contribution in [-0.4, -0.2) is 33.8 Å². The summed E-state index contributed by atoms with van der Waals surface area (Å²) in [5, 5.41) is 14.3. The number of aryl methyl sites for hydroxylation is 1. The van der Waals surface area contributed by atoms with Crippen molar-refractivity contribution in [3.05, 3.63) is 18.0 Å². The van der Waals surface area contributed by atoms with E-state index in [4.69, 9.17) is 0 Å². The van der Waals surface area contributed by atoms with Crippen molar-refractivity contribution < 1.29 is 13.5 Å². The van der Waals surface area contributed by atoms with Crippen LogP contribution in [0.5, 0.6) is 0 Å². The van der Waals surface area contributed by atoms with Gasteiger partial charge in [0.15, 0.2) is 9.84 Å². The highest BCUT2D eigenvalue weighted by Gasteiger charge is 2.51. The molecule has 0 aromatic carbocycles. The molecule has 2 fully saturated rings. The van der Waals surface area contributed by atoms with E-state index in [0.717, 1.165) is 18.5 Å². The van der Waals surface area contributed by atoms with Gasteiger partial charge in [0.25, 0.3) is 0 Å². The van der Waals surface area contributed by atoms with Crippen LogP contribution >= 0.6 is 0 Å². The summed E-state index contributed by atoms with van der Waals surface area (Å²) >= 11 is 0. The molecule has 1 N–H and O–H groups in total. The van der Waals surface area contributed by atoms with Crippen LogP contribution in [0, 0.1) is 0 Å². The highest BCUT2D eigenvalue weighted by Crippen LogP contribution is 2.45. The zero-order valence-corrected chi connectivity index (χ0v) is 11.9. The maximum absolute atomic E-state index is 12.2. The number of fused-ring (bicyclic) bond motifs is 2. The summed E-state index contributed by atoms with van der Waals surface area (Å²) in [5.74, 6) is 0. The van der Waals surface area contributed by atoms with Crippen molar-refractivity contribution in [3.8, 4) is 0 Å². The Labute approximate surface area is 113 Å². The van der Waals surface area contributed by atoms with Gasteiger partial charge in [-0.2, -0.15) is 5.10 Å². The van der Waals surface area contributed by atoms with Crippen LogP contribution in [0.15, 0.2) is 12.4 Å². The van der Waals surface area contributed by atoms with Gasteiger partial charge in [-0.25, -0.2) is 8.42 Å². The summed E-state index contributed by atoms with van der Waals surface area (Å²) in [5.41, 5.74) is -0.254. The van der Waals surface area contributed by atoms with Gasteiger partial charge in [0.1, 0.15) is 0 Å². The largest absolute Gasteiger partial charge is 0.385 e. The summed E-state index contributed by atoms with van der Waals surface area (Å²) < 4.78 is 26.3. The average molecular weight is 284 g/mol. The second kappa shape index (κ2) is 4.31. The molecule has 2 atom stereocenters. The minimum Gasteiger partial charge on any atom is -0.385 e. The first-order valence-electron chi connectivity index (χ1n) is 6.94. The number of rotatable bonds is 2. The fourth-order valence-corrected chi connectivity index (χ4v) is 6.01. The van der Waals surface area contributed by atoms with Crippen molar-refractivity contribution in [2.45, 2.75) is 61.7 Å². The lowest BCUT2D eigenvalue weighted by atomic mass is 9.82. The molecule has 0 spiro atoms. The molecular weight excluding hydrogens is 264 g/mol. The standard InChI is InChI=1S/C13H20N2O3S/c1-2-15-9-10(8-14-15)13(16)6-11-4-3-5-12(7-13)19(11,17)18/h8-9,11-12,16H,2-7H2,1H3. The minimum atomic E-state index is -3.03. The zero-order chi connectivity index (χ0) is 13.7. The molecule has 0 radical (unpaired) electrons. The van der Waals surface area contributed by atoms with E-state index in [2.05, 4.69) is 5.10 Å². The lowest BCUT2D eigenvalue weighted by Crippen LogP contribution is -2.50. The molecule has 3 heterocycles.